The largest absolute Gasteiger partial charge is 0.492 e. The fourth-order valence-corrected chi connectivity index (χ4v) is 3.92. The summed E-state index contributed by atoms with van der Waals surface area (Å²) in [6, 6.07) is 3.73. The summed E-state index contributed by atoms with van der Waals surface area (Å²) in [4.78, 5) is 8.22. The number of nitrogens with zero attached hydrogens (tertiary/aromatic N) is 4. The van der Waals surface area contributed by atoms with Crippen LogP contribution in [0.4, 0.5) is 0 Å². The second-order valence-corrected chi connectivity index (χ2v) is 6.55. The smallest absolute Gasteiger partial charge is 0.230 e. The summed E-state index contributed by atoms with van der Waals surface area (Å²) in [5.74, 6) is 1.65. The highest BCUT2D eigenvalue weighted by Crippen LogP contribution is 2.40. The van der Waals surface area contributed by atoms with Crippen LogP contribution in [0.5, 0.6) is 5.88 Å². The summed E-state index contributed by atoms with van der Waals surface area (Å²) < 4.78 is 7.18. The van der Waals surface area contributed by atoms with Gasteiger partial charge in [-0.15, -0.1) is 5.10 Å². The number of hydrogen-bond donors (Lipinski definition) is 1. The molecule has 0 bridgehead atoms. The van der Waals surface area contributed by atoms with E-state index in [1.807, 2.05) is 19.1 Å². The minimum absolute atomic E-state index is 0.115. The van der Waals surface area contributed by atoms with E-state index in [0.717, 1.165) is 36.6 Å². The molecule has 0 saturated heterocycles. The van der Waals surface area contributed by atoms with Crippen molar-refractivity contribution in [2.45, 2.75) is 39.7 Å². The van der Waals surface area contributed by atoms with Crippen molar-refractivity contribution in [2.24, 2.45) is 0 Å². The second kappa shape index (κ2) is 6.72. The predicted octanol–water partition coefficient (Wildman–Crippen LogP) is 3.61. The zero-order valence-corrected chi connectivity index (χ0v) is 14.5. The summed E-state index contributed by atoms with van der Waals surface area (Å²) in [6.45, 7) is 7.95. The van der Waals surface area contributed by atoms with E-state index in [9.17, 15) is 5.11 Å². The highest BCUT2D eigenvalue weighted by atomic mass is 32.1. The lowest BCUT2D eigenvalue weighted by molar-refractivity contribution is 0.208. The van der Waals surface area contributed by atoms with Crippen molar-refractivity contribution in [3.05, 3.63) is 34.9 Å². The second-order valence-electron chi connectivity index (χ2n) is 5.54. The Morgan fingerprint density at radius 2 is 2.26 bits per heavy atom. The molecule has 124 valence electrons. The number of aryl methyl sites for hydroxylation is 1. The first-order valence-corrected chi connectivity index (χ1v) is 8.79. The molecule has 0 aromatic carbocycles. The number of thiazole rings is 1. The molecule has 3 aromatic heterocycles. The molecular formula is C16H22N4O2S. The molecular weight excluding hydrogens is 312 g/mol. The molecule has 0 aliphatic rings. The molecule has 7 heteroatoms. The van der Waals surface area contributed by atoms with Gasteiger partial charge in [0.15, 0.2) is 0 Å². The minimum Gasteiger partial charge on any atom is -0.492 e. The van der Waals surface area contributed by atoms with Crippen LogP contribution in [0.1, 0.15) is 49.2 Å². The van der Waals surface area contributed by atoms with Crippen molar-refractivity contribution in [1.29, 1.82) is 0 Å². The Labute approximate surface area is 139 Å². The van der Waals surface area contributed by atoms with Gasteiger partial charge in [0.05, 0.1) is 11.1 Å². The number of furan rings is 1. The number of rotatable bonds is 7. The van der Waals surface area contributed by atoms with E-state index >= 15 is 0 Å². The Morgan fingerprint density at radius 3 is 2.87 bits per heavy atom. The van der Waals surface area contributed by atoms with Crippen molar-refractivity contribution in [3.8, 4) is 5.88 Å². The molecule has 3 rings (SSSR count). The van der Waals surface area contributed by atoms with Crippen LogP contribution >= 0.6 is 11.3 Å². The minimum atomic E-state index is -0.115. The summed E-state index contributed by atoms with van der Waals surface area (Å²) in [5.41, 5.74) is 0. The molecule has 3 aromatic rings. The normalized spacial score (nSPS) is 13.2. The zero-order valence-electron chi connectivity index (χ0n) is 13.7. The van der Waals surface area contributed by atoms with E-state index in [4.69, 9.17) is 4.42 Å². The third-order valence-corrected chi connectivity index (χ3v) is 5.01. The predicted molar refractivity (Wildman–Crippen MR) is 90.0 cm³/mol. The van der Waals surface area contributed by atoms with Crippen LogP contribution in [-0.2, 0) is 0 Å². The molecule has 23 heavy (non-hydrogen) atoms. The Balaban J connectivity index is 2.06. The van der Waals surface area contributed by atoms with Crippen molar-refractivity contribution in [3.63, 3.8) is 0 Å². The number of aromatic hydroxyl groups is 1. The Kier molecular flexibility index (Phi) is 4.68. The van der Waals surface area contributed by atoms with Crippen molar-refractivity contribution >= 4 is 16.3 Å². The van der Waals surface area contributed by atoms with Crippen LogP contribution in [0.25, 0.3) is 4.96 Å². The highest BCUT2D eigenvalue weighted by molar-refractivity contribution is 7.17. The van der Waals surface area contributed by atoms with Gasteiger partial charge in [0.2, 0.25) is 10.8 Å². The summed E-state index contributed by atoms with van der Waals surface area (Å²) in [5, 5.41) is 14.9. The maximum atomic E-state index is 10.6. The molecule has 0 spiro atoms. The van der Waals surface area contributed by atoms with Gasteiger partial charge in [-0.1, -0.05) is 31.6 Å². The molecule has 3 heterocycles. The fourth-order valence-electron chi connectivity index (χ4n) is 2.78. The lowest BCUT2D eigenvalue weighted by Crippen LogP contribution is -2.30. The first kappa shape index (κ1) is 16.0. The standard InChI is InChI=1S/C16H22N4O2S/c1-4-6-9-19(5-2)13(12-8-7-10-22-12)14-15(21)20-16(23-14)17-11(3)18-20/h7-8,10,13,21H,4-6,9H2,1-3H3. The van der Waals surface area contributed by atoms with Crippen molar-refractivity contribution in [1.82, 2.24) is 19.5 Å². The van der Waals surface area contributed by atoms with E-state index in [2.05, 4.69) is 28.8 Å². The first-order chi connectivity index (χ1) is 11.2. The number of fused-ring (bicyclic) bond motifs is 1. The molecule has 1 unspecified atom stereocenters. The maximum absolute atomic E-state index is 10.6. The molecule has 0 aliphatic heterocycles. The molecule has 0 fully saturated rings. The van der Waals surface area contributed by atoms with E-state index in [0.29, 0.717) is 10.8 Å². The summed E-state index contributed by atoms with van der Waals surface area (Å²) in [7, 11) is 0. The summed E-state index contributed by atoms with van der Waals surface area (Å²) in [6.07, 6.45) is 3.90. The number of aromatic nitrogens is 3. The van der Waals surface area contributed by atoms with E-state index < -0.39 is 0 Å². The molecule has 6 nitrogen and oxygen atoms in total. The molecule has 1 N–H and O–H groups in total. The summed E-state index contributed by atoms with van der Waals surface area (Å²) >= 11 is 1.47. The topological polar surface area (TPSA) is 66.8 Å². The number of unbranched alkanes of at least 4 members (excludes halogenated alkanes) is 1. The van der Waals surface area contributed by atoms with Gasteiger partial charge in [-0.05, 0) is 38.6 Å². The van der Waals surface area contributed by atoms with Gasteiger partial charge in [-0.3, -0.25) is 4.90 Å². The van der Waals surface area contributed by atoms with Crippen molar-refractivity contribution < 1.29 is 9.52 Å². The van der Waals surface area contributed by atoms with Crippen molar-refractivity contribution in [2.75, 3.05) is 13.1 Å². The van der Waals surface area contributed by atoms with Crippen LogP contribution in [0, 0.1) is 6.92 Å². The third-order valence-electron chi connectivity index (χ3n) is 3.94. The SMILES string of the molecule is CCCCN(CC)C(c1ccco1)c1sc2nc(C)nn2c1O. The first-order valence-electron chi connectivity index (χ1n) is 7.98. The fraction of sp³-hybridized carbons (Fsp3) is 0.500. The van der Waals surface area contributed by atoms with E-state index in [-0.39, 0.29) is 11.9 Å². The molecule has 0 saturated carbocycles. The number of hydrogen-bond acceptors (Lipinski definition) is 6. The quantitative estimate of drug-likeness (QED) is 0.715. The van der Waals surface area contributed by atoms with Gasteiger partial charge < -0.3 is 9.52 Å². The van der Waals surface area contributed by atoms with Gasteiger partial charge in [0.25, 0.3) is 0 Å². The Bertz CT molecular complexity index is 763. The van der Waals surface area contributed by atoms with Gasteiger partial charge in [0.1, 0.15) is 17.6 Å². The van der Waals surface area contributed by atoms with Gasteiger partial charge in [0, 0.05) is 0 Å². The third kappa shape index (κ3) is 2.98. The monoisotopic (exact) mass is 334 g/mol. The molecule has 0 radical (unpaired) electrons. The maximum Gasteiger partial charge on any atom is 0.230 e. The van der Waals surface area contributed by atoms with Crippen LogP contribution in [0.2, 0.25) is 0 Å². The van der Waals surface area contributed by atoms with Crippen LogP contribution in [0.3, 0.4) is 0 Å². The van der Waals surface area contributed by atoms with E-state index in [1.165, 1.54) is 15.9 Å². The molecule has 1 atom stereocenters. The lowest BCUT2D eigenvalue weighted by Gasteiger charge is -2.28. The molecule has 0 amide bonds. The van der Waals surface area contributed by atoms with Crippen LogP contribution < -0.4 is 0 Å². The Morgan fingerprint density at radius 1 is 1.43 bits per heavy atom. The van der Waals surface area contributed by atoms with Crippen LogP contribution in [0.15, 0.2) is 22.8 Å². The lowest BCUT2D eigenvalue weighted by atomic mass is 10.1. The average Bonchev–Trinajstić information content (AvgIpc) is 3.23. The van der Waals surface area contributed by atoms with Gasteiger partial charge in [-0.25, -0.2) is 4.98 Å². The molecule has 0 aliphatic carbocycles. The average molecular weight is 334 g/mol. The highest BCUT2D eigenvalue weighted by Gasteiger charge is 2.30. The Hall–Kier alpha value is -1.86. The van der Waals surface area contributed by atoms with Gasteiger partial charge >= 0.3 is 0 Å². The van der Waals surface area contributed by atoms with E-state index in [1.54, 1.807) is 6.26 Å². The zero-order chi connectivity index (χ0) is 16.4. The van der Waals surface area contributed by atoms with Gasteiger partial charge in [-0.2, -0.15) is 4.52 Å². The van der Waals surface area contributed by atoms with Crippen LogP contribution in [-0.4, -0.2) is 37.7 Å².